The second-order valence-corrected chi connectivity index (χ2v) is 10.4. The smallest absolute Gasteiger partial charge is 0.243 e. The van der Waals surface area contributed by atoms with Crippen LogP contribution in [0.25, 0.3) is 11.0 Å². The van der Waals surface area contributed by atoms with Gasteiger partial charge in [-0.05, 0) is 62.1 Å². The van der Waals surface area contributed by atoms with E-state index in [1.807, 2.05) is 38.1 Å². The van der Waals surface area contributed by atoms with Gasteiger partial charge in [-0.25, -0.2) is 13.1 Å². The maximum absolute atomic E-state index is 13.3. The number of hydrogen-bond donors (Lipinski definition) is 1. The highest BCUT2D eigenvalue weighted by Crippen LogP contribution is 2.26. The number of carbonyl (C=O) groups excluding carboxylic acids is 1. The molecule has 1 aliphatic heterocycles. The number of sulfonamides is 1. The van der Waals surface area contributed by atoms with E-state index >= 15 is 0 Å². The Hall–Kier alpha value is -2.98. The van der Waals surface area contributed by atoms with E-state index in [1.165, 1.54) is 4.31 Å². The van der Waals surface area contributed by atoms with Crippen LogP contribution in [0.4, 0.5) is 0 Å². The molecule has 1 atom stereocenters. The van der Waals surface area contributed by atoms with Gasteiger partial charge in [-0.1, -0.05) is 24.3 Å². The van der Waals surface area contributed by atoms with Crippen molar-refractivity contribution in [2.24, 2.45) is 5.92 Å². The van der Waals surface area contributed by atoms with E-state index in [4.69, 9.17) is 4.74 Å². The molecule has 0 spiro atoms. The molecule has 0 bridgehead atoms. The molecule has 2 heterocycles. The van der Waals surface area contributed by atoms with Crippen molar-refractivity contribution < 1.29 is 17.9 Å². The van der Waals surface area contributed by atoms with Gasteiger partial charge in [0, 0.05) is 26.2 Å². The molecule has 1 saturated heterocycles. The van der Waals surface area contributed by atoms with E-state index in [9.17, 15) is 13.2 Å². The molecule has 0 unspecified atom stereocenters. The Bertz CT molecular complexity index is 1240. The number of piperidine rings is 1. The Morgan fingerprint density at radius 2 is 1.97 bits per heavy atom. The van der Waals surface area contributed by atoms with Gasteiger partial charge in [-0.15, -0.1) is 5.10 Å². The number of amides is 1. The van der Waals surface area contributed by atoms with Gasteiger partial charge in [0.2, 0.25) is 15.9 Å². The van der Waals surface area contributed by atoms with Gasteiger partial charge < -0.3 is 10.1 Å². The van der Waals surface area contributed by atoms with Gasteiger partial charge in [0.25, 0.3) is 0 Å². The molecule has 182 valence electrons. The summed E-state index contributed by atoms with van der Waals surface area (Å²) in [5.74, 6) is 0.268. The summed E-state index contributed by atoms with van der Waals surface area (Å²) in [7, 11) is -3.74. The predicted octanol–water partition coefficient (Wildman–Crippen LogP) is 2.96. The van der Waals surface area contributed by atoms with Gasteiger partial charge in [0.15, 0.2) is 0 Å². The maximum Gasteiger partial charge on any atom is 0.243 e. The Morgan fingerprint density at radius 3 is 2.71 bits per heavy atom. The van der Waals surface area contributed by atoms with Crippen LogP contribution in [-0.4, -0.2) is 53.3 Å². The largest absolute Gasteiger partial charge is 0.494 e. The van der Waals surface area contributed by atoms with Crippen molar-refractivity contribution in [1.82, 2.24) is 24.6 Å². The van der Waals surface area contributed by atoms with E-state index in [1.54, 1.807) is 22.9 Å². The lowest BCUT2D eigenvalue weighted by atomic mass is 9.99. The number of carbonyl (C=O) groups is 1. The molecule has 0 radical (unpaired) electrons. The van der Waals surface area contributed by atoms with E-state index in [0.29, 0.717) is 38.1 Å². The van der Waals surface area contributed by atoms with Crippen molar-refractivity contribution in [3.8, 4) is 5.75 Å². The summed E-state index contributed by atoms with van der Waals surface area (Å²) in [6, 6.07) is 12.5. The molecular weight excluding hydrogens is 454 g/mol. The summed E-state index contributed by atoms with van der Waals surface area (Å²) >= 11 is 0. The summed E-state index contributed by atoms with van der Waals surface area (Å²) in [4.78, 5) is 13.0. The zero-order valence-corrected chi connectivity index (χ0v) is 20.4. The normalized spacial score (nSPS) is 17.1. The molecular formula is C24H31N5O4S. The lowest BCUT2D eigenvalue weighted by Gasteiger charge is -2.31. The molecule has 4 rings (SSSR count). The molecule has 1 N–H and O–H groups in total. The molecule has 1 aliphatic rings. The summed E-state index contributed by atoms with van der Waals surface area (Å²) in [5.41, 5.74) is 2.32. The van der Waals surface area contributed by atoms with Gasteiger partial charge in [0.05, 0.1) is 22.9 Å². The van der Waals surface area contributed by atoms with Crippen LogP contribution < -0.4 is 10.1 Å². The molecule has 9 nitrogen and oxygen atoms in total. The third-order valence-electron chi connectivity index (χ3n) is 6.01. The number of benzene rings is 2. The first kappa shape index (κ1) is 24.2. The minimum Gasteiger partial charge on any atom is -0.494 e. The van der Waals surface area contributed by atoms with Crippen molar-refractivity contribution >= 4 is 27.0 Å². The van der Waals surface area contributed by atoms with E-state index in [0.717, 1.165) is 29.8 Å². The molecule has 1 amide bonds. The first-order chi connectivity index (χ1) is 16.4. The summed E-state index contributed by atoms with van der Waals surface area (Å²) in [6.07, 6.45) is 2.20. The zero-order valence-electron chi connectivity index (χ0n) is 19.6. The number of hydrogen-bond acceptors (Lipinski definition) is 6. The summed E-state index contributed by atoms with van der Waals surface area (Å²) in [5, 5.41) is 11.2. The van der Waals surface area contributed by atoms with E-state index in [2.05, 4.69) is 15.6 Å². The number of rotatable bonds is 9. The highest BCUT2D eigenvalue weighted by molar-refractivity contribution is 7.89. The SMILES string of the molecule is CCCn1nnc2cc(S(=O)(=O)N3CCC[C@H](C(=O)NCc4ccc(OCC)cc4)C3)ccc21. The van der Waals surface area contributed by atoms with Crippen LogP contribution in [-0.2, 0) is 27.9 Å². The number of aromatic nitrogens is 3. The number of fused-ring (bicyclic) bond motifs is 1. The number of aryl methyl sites for hydroxylation is 1. The Morgan fingerprint density at radius 1 is 1.18 bits per heavy atom. The molecule has 10 heteroatoms. The molecule has 0 saturated carbocycles. The minimum atomic E-state index is -3.74. The van der Waals surface area contributed by atoms with Crippen LogP contribution in [0.3, 0.4) is 0 Å². The standard InChI is InChI=1S/C24H31N5O4S/c1-3-13-29-23-12-11-21(15-22(23)26-27-29)34(31,32)28-14-5-6-19(17-28)24(30)25-16-18-7-9-20(10-8-18)33-4-2/h7-12,15,19H,3-6,13-14,16-17H2,1-2H3,(H,25,30)/t19-/m0/s1. The number of nitrogens with zero attached hydrogens (tertiary/aromatic N) is 4. The highest BCUT2D eigenvalue weighted by Gasteiger charge is 2.33. The number of nitrogens with one attached hydrogen (secondary N) is 1. The Balaban J connectivity index is 1.41. The molecule has 2 aromatic carbocycles. The first-order valence-corrected chi connectivity index (χ1v) is 13.2. The lowest BCUT2D eigenvalue weighted by molar-refractivity contribution is -0.126. The van der Waals surface area contributed by atoms with Crippen molar-refractivity contribution in [2.75, 3.05) is 19.7 Å². The third-order valence-corrected chi connectivity index (χ3v) is 7.88. The first-order valence-electron chi connectivity index (χ1n) is 11.7. The van der Waals surface area contributed by atoms with Crippen LogP contribution >= 0.6 is 0 Å². The average molecular weight is 486 g/mol. The lowest BCUT2D eigenvalue weighted by Crippen LogP contribution is -2.45. The maximum atomic E-state index is 13.3. The van der Waals surface area contributed by atoms with E-state index < -0.39 is 10.0 Å². The van der Waals surface area contributed by atoms with Crippen molar-refractivity contribution in [1.29, 1.82) is 0 Å². The molecule has 34 heavy (non-hydrogen) atoms. The molecule has 1 fully saturated rings. The second-order valence-electron chi connectivity index (χ2n) is 8.46. The van der Waals surface area contributed by atoms with Crippen LogP contribution in [0.15, 0.2) is 47.4 Å². The Kier molecular flexibility index (Phi) is 7.47. The predicted molar refractivity (Wildman–Crippen MR) is 129 cm³/mol. The van der Waals surface area contributed by atoms with Gasteiger partial charge in [-0.2, -0.15) is 4.31 Å². The van der Waals surface area contributed by atoms with Crippen LogP contribution in [0.1, 0.15) is 38.7 Å². The fourth-order valence-corrected chi connectivity index (χ4v) is 5.76. The van der Waals surface area contributed by atoms with Crippen molar-refractivity contribution in [3.63, 3.8) is 0 Å². The molecule has 1 aromatic heterocycles. The molecule has 3 aromatic rings. The monoisotopic (exact) mass is 485 g/mol. The Labute approximate surface area is 200 Å². The zero-order chi connectivity index (χ0) is 24.1. The van der Waals surface area contributed by atoms with Gasteiger partial charge in [0.1, 0.15) is 11.3 Å². The van der Waals surface area contributed by atoms with Crippen LogP contribution in [0.2, 0.25) is 0 Å². The second kappa shape index (κ2) is 10.5. The highest BCUT2D eigenvalue weighted by atomic mass is 32.2. The minimum absolute atomic E-state index is 0.133. The third kappa shape index (κ3) is 5.23. The quantitative estimate of drug-likeness (QED) is 0.499. The summed E-state index contributed by atoms with van der Waals surface area (Å²) in [6.45, 7) is 6.25. The van der Waals surface area contributed by atoms with Gasteiger partial charge in [-0.3, -0.25) is 4.79 Å². The summed E-state index contributed by atoms with van der Waals surface area (Å²) < 4.78 is 35.3. The van der Waals surface area contributed by atoms with E-state index in [-0.39, 0.29) is 23.3 Å². The van der Waals surface area contributed by atoms with Crippen molar-refractivity contribution in [3.05, 3.63) is 48.0 Å². The average Bonchev–Trinajstić information content (AvgIpc) is 3.26. The van der Waals surface area contributed by atoms with Crippen LogP contribution in [0.5, 0.6) is 5.75 Å². The topological polar surface area (TPSA) is 106 Å². The van der Waals surface area contributed by atoms with Crippen LogP contribution in [0, 0.1) is 5.92 Å². The fraction of sp³-hybridized carbons (Fsp3) is 0.458. The van der Waals surface area contributed by atoms with Crippen molar-refractivity contribution in [2.45, 2.75) is 51.1 Å². The molecule has 0 aliphatic carbocycles. The fourth-order valence-electron chi connectivity index (χ4n) is 4.22. The van der Waals surface area contributed by atoms with Gasteiger partial charge >= 0.3 is 0 Å². The number of ether oxygens (including phenoxy) is 1.